The largest absolute Gasteiger partial charge is 0.466 e. The molecule has 2 aliphatic rings. The molecule has 3 heterocycles. The molecule has 1 atom stereocenters. The maximum absolute atomic E-state index is 13.0. The first-order chi connectivity index (χ1) is 12.1. The molecule has 1 aromatic heterocycles. The molecule has 1 unspecified atom stereocenters. The molecule has 1 spiro atoms. The van der Waals surface area contributed by atoms with Crippen LogP contribution in [0.25, 0.3) is 0 Å². The summed E-state index contributed by atoms with van der Waals surface area (Å²) in [4.78, 5) is 25.0. The first kappa shape index (κ1) is 17.6. The summed E-state index contributed by atoms with van der Waals surface area (Å²) in [6.45, 7) is 2.15. The highest BCUT2D eigenvalue weighted by Gasteiger charge is 2.46. The van der Waals surface area contributed by atoms with E-state index in [-0.39, 0.29) is 24.2 Å². The number of hydrogen-bond donors (Lipinski definition) is 0. The maximum Gasteiger partial charge on any atom is 0.313 e. The van der Waals surface area contributed by atoms with Crippen LogP contribution in [-0.4, -0.2) is 37.0 Å². The Morgan fingerprint density at radius 2 is 2.24 bits per heavy atom. The highest BCUT2D eigenvalue weighted by atomic mass is 19.1. The van der Waals surface area contributed by atoms with Gasteiger partial charge in [-0.15, -0.1) is 0 Å². The van der Waals surface area contributed by atoms with Crippen molar-refractivity contribution in [3.05, 3.63) is 33.2 Å². The number of halogens is 1. The third-order valence-corrected chi connectivity index (χ3v) is 4.60. The second-order valence-electron chi connectivity index (χ2n) is 5.91. The zero-order chi connectivity index (χ0) is 18.0. The fourth-order valence-corrected chi connectivity index (χ4v) is 3.48. The fourth-order valence-electron chi connectivity index (χ4n) is 3.48. The quantitative estimate of drug-likeness (QED) is 0.744. The predicted molar refractivity (Wildman–Crippen MR) is 83.6 cm³/mol. The van der Waals surface area contributed by atoms with Crippen LogP contribution in [0.15, 0.2) is 10.9 Å². The van der Waals surface area contributed by atoms with Gasteiger partial charge in [0, 0.05) is 13.0 Å². The molecule has 1 saturated heterocycles. The molecule has 2 aliphatic heterocycles. The smallest absolute Gasteiger partial charge is 0.313 e. The summed E-state index contributed by atoms with van der Waals surface area (Å²) in [7, 11) is 0. The Morgan fingerprint density at radius 1 is 1.52 bits per heavy atom. The van der Waals surface area contributed by atoms with Gasteiger partial charge in [0.1, 0.15) is 11.6 Å². The molecule has 0 bridgehead atoms. The molecule has 0 N–H and O–H groups in total. The molecule has 1 fully saturated rings. The van der Waals surface area contributed by atoms with E-state index in [1.54, 1.807) is 13.0 Å². The van der Waals surface area contributed by atoms with E-state index in [1.807, 2.05) is 6.07 Å². The number of fused-ring (bicyclic) bond motifs is 2. The zero-order valence-corrected chi connectivity index (χ0v) is 13.9. The molecule has 0 aliphatic carbocycles. The van der Waals surface area contributed by atoms with E-state index < -0.39 is 29.9 Å². The monoisotopic (exact) mass is 350 g/mol. The van der Waals surface area contributed by atoms with Gasteiger partial charge in [0.2, 0.25) is 5.79 Å². The van der Waals surface area contributed by atoms with Gasteiger partial charge in [-0.2, -0.15) is 5.26 Å². The number of pyridine rings is 1. The lowest BCUT2D eigenvalue weighted by Crippen LogP contribution is -2.31. The number of esters is 1. The first-order valence-corrected chi connectivity index (χ1v) is 8.26. The second kappa shape index (κ2) is 6.94. The minimum absolute atomic E-state index is 0.129. The zero-order valence-electron chi connectivity index (χ0n) is 13.9. The topological polar surface area (TPSA) is 90.6 Å². The average molecular weight is 350 g/mol. The Kier molecular flexibility index (Phi) is 4.88. The lowest BCUT2D eigenvalue weighted by atomic mass is 9.91. The van der Waals surface area contributed by atoms with E-state index in [2.05, 4.69) is 0 Å². The van der Waals surface area contributed by atoms with Gasteiger partial charge in [0.15, 0.2) is 0 Å². The summed E-state index contributed by atoms with van der Waals surface area (Å²) >= 11 is 0. The van der Waals surface area contributed by atoms with Crippen molar-refractivity contribution in [3.63, 3.8) is 0 Å². The first-order valence-electron chi connectivity index (χ1n) is 8.26. The van der Waals surface area contributed by atoms with E-state index in [1.165, 1.54) is 4.57 Å². The fraction of sp³-hybridized carbons (Fsp3) is 0.588. The Hall–Kier alpha value is -2.24. The van der Waals surface area contributed by atoms with E-state index in [0.29, 0.717) is 31.9 Å². The van der Waals surface area contributed by atoms with Gasteiger partial charge in [-0.3, -0.25) is 14.0 Å². The van der Waals surface area contributed by atoms with Crippen LogP contribution in [0.3, 0.4) is 0 Å². The number of alkyl halides is 1. The maximum atomic E-state index is 13.0. The molecule has 0 saturated carbocycles. The molecule has 8 heteroatoms. The summed E-state index contributed by atoms with van der Waals surface area (Å²) in [6.07, 6.45) is 0.287. The van der Waals surface area contributed by atoms with Gasteiger partial charge in [0.05, 0.1) is 38.1 Å². The standard InChI is InChI=1S/C17H19FN2O5/c1-2-23-16(22)11(3-5-18)12-9-14-17(24-7-8-25-17)4-6-20(14)15(21)13(12)10-19/h9,11H,2-8H2,1H3. The summed E-state index contributed by atoms with van der Waals surface area (Å²) in [6, 6.07) is 3.43. The number of carbonyl (C=O) groups excluding carboxylic acids is 1. The molecule has 25 heavy (non-hydrogen) atoms. The van der Waals surface area contributed by atoms with Crippen LogP contribution in [0.5, 0.6) is 0 Å². The molecular weight excluding hydrogens is 331 g/mol. The molecule has 0 amide bonds. The number of nitrogens with zero attached hydrogens (tertiary/aromatic N) is 2. The predicted octanol–water partition coefficient (Wildman–Crippen LogP) is 1.33. The molecule has 134 valence electrons. The molecular formula is C17H19FN2O5. The average Bonchev–Trinajstić information content (AvgIpc) is 3.22. The van der Waals surface area contributed by atoms with Crippen molar-refractivity contribution >= 4 is 5.97 Å². The lowest BCUT2D eigenvalue weighted by molar-refractivity contribution is -0.163. The van der Waals surface area contributed by atoms with Crippen LogP contribution in [0.2, 0.25) is 0 Å². The van der Waals surface area contributed by atoms with Crippen molar-refractivity contribution in [2.24, 2.45) is 0 Å². The number of hydrogen-bond acceptors (Lipinski definition) is 6. The number of rotatable bonds is 5. The molecule has 0 aromatic carbocycles. The van der Waals surface area contributed by atoms with E-state index in [4.69, 9.17) is 14.2 Å². The Bertz CT molecular complexity index is 776. The van der Waals surface area contributed by atoms with Crippen molar-refractivity contribution < 1.29 is 23.4 Å². The van der Waals surface area contributed by atoms with Crippen molar-refractivity contribution in [2.75, 3.05) is 26.5 Å². The molecule has 0 radical (unpaired) electrons. The van der Waals surface area contributed by atoms with Gasteiger partial charge in [-0.25, -0.2) is 0 Å². The highest BCUT2D eigenvalue weighted by molar-refractivity contribution is 5.79. The van der Waals surface area contributed by atoms with Crippen LogP contribution in [0.1, 0.15) is 42.5 Å². The minimum atomic E-state index is -1.03. The SMILES string of the molecule is CCOC(=O)C(CCF)c1cc2n(c(=O)c1C#N)CCC21OCCO1. The number of aromatic nitrogens is 1. The molecule has 7 nitrogen and oxygen atoms in total. The van der Waals surface area contributed by atoms with E-state index in [9.17, 15) is 19.2 Å². The van der Waals surface area contributed by atoms with Gasteiger partial charge < -0.3 is 18.8 Å². The van der Waals surface area contributed by atoms with Crippen LogP contribution in [0.4, 0.5) is 4.39 Å². The van der Waals surface area contributed by atoms with Gasteiger partial charge in [0.25, 0.3) is 5.56 Å². The third kappa shape index (κ3) is 2.83. The summed E-state index contributed by atoms with van der Waals surface area (Å²) in [5.74, 6) is -2.70. The second-order valence-corrected chi connectivity index (χ2v) is 5.91. The molecule has 1 aromatic rings. The van der Waals surface area contributed by atoms with Crippen LogP contribution in [-0.2, 0) is 31.3 Å². The van der Waals surface area contributed by atoms with E-state index in [0.717, 1.165) is 0 Å². The van der Waals surface area contributed by atoms with Crippen LogP contribution in [0, 0.1) is 11.3 Å². The van der Waals surface area contributed by atoms with Crippen molar-refractivity contribution in [3.8, 4) is 6.07 Å². The van der Waals surface area contributed by atoms with Crippen LogP contribution >= 0.6 is 0 Å². The highest BCUT2D eigenvalue weighted by Crippen LogP contribution is 2.41. The van der Waals surface area contributed by atoms with Gasteiger partial charge in [-0.05, 0) is 25.0 Å². The number of ether oxygens (including phenoxy) is 3. The minimum Gasteiger partial charge on any atom is -0.466 e. The lowest BCUT2D eigenvalue weighted by Gasteiger charge is -2.24. The van der Waals surface area contributed by atoms with Gasteiger partial charge in [-0.1, -0.05) is 0 Å². The third-order valence-electron chi connectivity index (χ3n) is 4.60. The van der Waals surface area contributed by atoms with Crippen LogP contribution < -0.4 is 5.56 Å². The Balaban J connectivity index is 2.16. The number of nitriles is 1. The van der Waals surface area contributed by atoms with Crippen molar-refractivity contribution in [2.45, 2.75) is 38.0 Å². The van der Waals surface area contributed by atoms with Crippen molar-refractivity contribution in [1.82, 2.24) is 4.57 Å². The molecule has 3 rings (SSSR count). The van der Waals surface area contributed by atoms with Gasteiger partial charge >= 0.3 is 5.97 Å². The Morgan fingerprint density at radius 3 is 2.84 bits per heavy atom. The Labute approximate surface area is 143 Å². The van der Waals surface area contributed by atoms with Crippen molar-refractivity contribution in [1.29, 1.82) is 5.26 Å². The summed E-state index contributed by atoms with van der Waals surface area (Å²) in [5.41, 5.74) is -0.0307. The number of carbonyl (C=O) groups is 1. The summed E-state index contributed by atoms with van der Waals surface area (Å²) in [5, 5.41) is 9.44. The summed E-state index contributed by atoms with van der Waals surface area (Å²) < 4.78 is 30.9. The van der Waals surface area contributed by atoms with E-state index >= 15 is 0 Å². The normalized spacial score (nSPS) is 18.8.